The van der Waals surface area contributed by atoms with Crippen molar-refractivity contribution in [2.75, 3.05) is 37.7 Å². The summed E-state index contributed by atoms with van der Waals surface area (Å²) in [5, 5.41) is 4.31. The van der Waals surface area contributed by atoms with Crippen LogP contribution in [0.4, 0.5) is 5.69 Å². The lowest BCUT2D eigenvalue weighted by atomic mass is 10.1. The van der Waals surface area contributed by atoms with E-state index < -0.39 is 0 Å². The molecule has 7 nitrogen and oxygen atoms in total. The van der Waals surface area contributed by atoms with Crippen molar-refractivity contribution in [3.05, 3.63) is 51.9 Å². The van der Waals surface area contributed by atoms with Crippen molar-refractivity contribution in [3.63, 3.8) is 0 Å². The predicted molar refractivity (Wildman–Crippen MR) is 106 cm³/mol. The fourth-order valence-corrected chi connectivity index (χ4v) is 3.28. The zero-order valence-electron chi connectivity index (χ0n) is 16.1. The van der Waals surface area contributed by atoms with Gasteiger partial charge in [-0.15, -0.1) is 0 Å². The number of anilines is 1. The van der Waals surface area contributed by atoms with E-state index >= 15 is 0 Å². The third-order valence-corrected chi connectivity index (χ3v) is 4.74. The van der Waals surface area contributed by atoms with Crippen LogP contribution in [0, 0.1) is 13.8 Å². The molecular weight excluding hydrogens is 344 g/mol. The summed E-state index contributed by atoms with van der Waals surface area (Å²) >= 11 is 0. The molecule has 1 fully saturated rings. The molecule has 1 saturated heterocycles. The predicted octanol–water partition coefficient (Wildman–Crippen LogP) is 1.49. The molecule has 0 saturated carbocycles. The second kappa shape index (κ2) is 9.01. The molecule has 0 bridgehead atoms. The first-order chi connectivity index (χ1) is 13.1. The molecule has 1 aliphatic rings. The molecule has 0 spiro atoms. The largest absolute Gasteiger partial charge is 0.491 e. The molecule has 2 heterocycles. The third-order valence-electron chi connectivity index (χ3n) is 4.74. The number of rotatable bonds is 7. The molecule has 27 heavy (non-hydrogen) atoms. The molecule has 0 amide bonds. The normalized spacial score (nSPS) is 17.1. The number of ether oxygens (including phenoxy) is 2. The molecule has 1 aromatic heterocycles. The Morgan fingerprint density at radius 3 is 2.93 bits per heavy atom. The Bertz CT molecular complexity index is 819. The summed E-state index contributed by atoms with van der Waals surface area (Å²) in [4.78, 5) is 14.5. The minimum absolute atomic E-state index is 0.109. The number of aryl methyl sites for hydroxylation is 2. The van der Waals surface area contributed by atoms with E-state index in [1.165, 1.54) is 10.2 Å². The first-order valence-electron chi connectivity index (χ1n) is 9.40. The number of benzene rings is 1. The maximum Gasteiger partial charge on any atom is 0.268 e. The van der Waals surface area contributed by atoms with Gasteiger partial charge in [0.25, 0.3) is 5.56 Å². The molecular formula is C20H28N4O3. The average molecular weight is 372 g/mol. The number of hydrogen-bond donors (Lipinski definition) is 1. The molecule has 1 aliphatic heterocycles. The van der Waals surface area contributed by atoms with Crippen molar-refractivity contribution < 1.29 is 9.47 Å². The Morgan fingerprint density at radius 2 is 2.19 bits per heavy atom. The maximum atomic E-state index is 12.4. The Balaban J connectivity index is 1.59. The molecule has 7 heteroatoms. The van der Waals surface area contributed by atoms with Crippen LogP contribution in [-0.4, -0.2) is 48.7 Å². The highest BCUT2D eigenvalue weighted by Gasteiger charge is 2.20. The van der Waals surface area contributed by atoms with Crippen LogP contribution in [-0.2, 0) is 11.3 Å². The maximum absolute atomic E-state index is 12.4. The third kappa shape index (κ3) is 5.08. The molecule has 1 atom stereocenters. The van der Waals surface area contributed by atoms with Crippen LogP contribution in [0.25, 0.3) is 0 Å². The number of aromatic nitrogens is 2. The van der Waals surface area contributed by atoms with Crippen molar-refractivity contribution in [2.45, 2.75) is 32.9 Å². The highest BCUT2D eigenvalue weighted by Crippen LogP contribution is 2.19. The smallest absolute Gasteiger partial charge is 0.268 e. The minimum atomic E-state index is -0.126. The molecule has 3 rings (SSSR count). The fraction of sp³-hybridized carbons (Fsp3) is 0.500. The van der Waals surface area contributed by atoms with Crippen LogP contribution in [0.1, 0.15) is 17.5 Å². The summed E-state index contributed by atoms with van der Waals surface area (Å²) in [6, 6.07) is 7.69. The molecule has 1 unspecified atom stereocenters. The highest BCUT2D eigenvalue weighted by molar-refractivity contribution is 5.43. The SMILES string of the molecule is Cc1ccc(OCCn2ncc(N3CCOC(CCN)C3)cc2=O)c(C)c1. The van der Waals surface area contributed by atoms with Gasteiger partial charge < -0.3 is 20.1 Å². The number of nitrogens with zero attached hydrogens (tertiary/aromatic N) is 3. The number of hydrogen-bond acceptors (Lipinski definition) is 6. The lowest BCUT2D eigenvalue weighted by Gasteiger charge is -2.34. The molecule has 2 aromatic rings. The van der Waals surface area contributed by atoms with Crippen LogP contribution in [0.5, 0.6) is 5.75 Å². The van der Waals surface area contributed by atoms with E-state index in [-0.39, 0.29) is 11.7 Å². The van der Waals surface area contributed by atoms with Crippen LogP contribution >= 0.6 is 0 Å². The van der Waals surface area contributed by atoms with Crippen molar-refractivity contribution in [3.8, 4) is 5.75 Å². The fourth-order valence-electron chi connectivity index (χ4n) is 3.28. The van der Waals surface area contributed by atoms with Gasteiger partial charge in [-0.2, -0.15) is 5.10 Å². The van der Waals surface area contributed by atoms with Gasteiger partial charge in [-0.05, 0) is 38.4 Å². The van der Waals surface area contributed by atoms with Gasteiger partial charge in [-0.3, -0.25) is 4.79 Å². The Labute approximate surface area is 159 Å². The van der Waals surface area contributed by atoms with E-state index in [2.05, 4.69) is 23.0 Å². The van der Waals surface area contributed by atoms with Crippen molar-refractivity contribution in [2.24, 2.45) is 5.73 Å². The van der Waals surface area contributed by atoms with Crippen LogP contribution < -0.4 is 20.9 Å². The summed E-state index contributed by atoms with van der Waals surface area (Å²) in [7, 11) is 0. The zero-order valence-corrected chi connectivity index (χ0v) is 16.1. The van der Waals surface area contributed by atoms with Gasteiger partial charge in [0.1, 0.15) is 12.4 Å². The van der Waals surface area contributed by atoms with E-state index in [0.717, 1.165) is 36.5 Å². The van der Waals surface area contributed by atoms with Gasteiger partial charge in [-0.25, -0.2) is 4.68 Å². The lowest BCUT2D eigenvalue weighted by molar-refractivity contribution is 0.0368. The quantitative estimate of drug-likeness (QED) is 0.793. The first-order valence-corrected chi connectivity index (χ1v) is 9.40. The zero-order chi connectivity index (χ0) is 19.2. The molecule has 0 radical (unpaired) electrons. The summed E-state index contributed by atoms with van der Waals surface area (Å²) in [5.74, 6) is 0.838. The lowest BCUT2D eigenvalue weighted by Crippen LogP contribution is -2.44. The van der Waals surface area contributed by atoms with E-state index in [1.807, 2.05) is 19.1 Å². The van der Waals surface area contributed by atoms with Crippen molar-refractivity contribution in [1.29, 1.82) is 0 Å². The van der Waals surface area contributed by atoms with Crippen molar-refractivity contribution in [1.82, 2.24) is 9.78 Å². The Hall–Kier alpha value is -2.38. The van der Waals surface area contributed by atoms with Crippen LogP contribution in [0.15, 0.2) is 35.3 Å². The second-order valence-electron chi connectivity index (χ2n) is 6.91. The number of morpholine rings is 1. The summed E-state index contributed by atoms with van der Waals surface area (Å²) in [5.41, 5.74) is 8.61. The second-order valence-corrected chi connectivity index (χ2v) is 6.91. The van der Waals surface area contributed by atoms with Gasteiger partial charge in [0, 0.05) is 19.2 Å². The average Bonchev–Trinajstić information content (AvgIpc) is 2.65. The summed E-state index contributed by atoms with van der Waals surface area (Å²) in [6.07, 6.45) is 2.66. The van der Waals surface area contributed by atoms with Crippen LogP contribution in [0.3, 0.4) is 0 Å². The van der Waals surface area contributed by atoms with Gasteiger partial charge in [0.05, 0.1) is 31.1 Å². The van der Waals surface area contributed by atoms with Gasteiger partial charge in [0.2, 0.25) is 0 Å². The van der Waals surface area contributed by atoms with E-state index in [4.69, 9.17) is 15.2 Å². The van der Waals surface area contributed by atoms with E-state index in [1.54, 1.807) is 12.3 Å². The summed E-state index contributed by atoms with van der Waals surface area (Å²) in [6.45, 7) is 7.59. The first kappa shape index (κ1) is 19.4. The van der Waals surface area contributed by atoms with Crippen LogP contribution in [0.2, 0.25) is 0 Å². The van der Waals surface area contributed by atoms with Gasteiger partial charge >= 0.3 is 0 Å². The standard InChI is InChI=1S/C20H28N4O3/c1-15-3-4-19(16(2)11-15)27-10-8-24-20(25)12-17(13-22-24)23-7-9-26-18(14-23)5-6-21/h3-4,11-13,18H,5-10,14,21H2,1-2H3. The van der Waals surface area contributed by atoms with E-state index in [0.29, 0.717) is 26.3 Å². The van der Waals surface area contributed by atoms with Gasteiger partial charge in [0.15, 0.2) is 0 Å². The molecule has 146 valence electrons. The molecule has 1 aromatic carbocycles. The minimum Gasteiger partial charge on any atom is -0.491 e. The number of nitrogens with two attached hydrogens (primary N) is 1. The molecule has 2 N–H and O–H groups in total. The Morgan fingerprint density at radius 1 is 1.33 bits per heavy atom. The highest BCUT2D eigenvalue weighted by atomic mass is 16.5. The molecule has 0 aliphatic carbocycles. The summed E-state index contributed by atoms with van der Waals surface area (Å²) < 4.78 is 12.9. The monoisotopic (exact) mass is 372 g/mol. The van der Waals surface area contributed by atoms with E-state index in [9.17, 15) is 4.79 Å². The van der Waals surface area contributed by atoms with Crippen molar-refractivity contribution >= 4 is 5.69 Å². The van der Waals surface area contributed by atoms with Gasteiger partial charge in [-0.1, -0.05) is 17.7 Å². The topological polar surface area (TPSA) is 82.6 Å². The Kier molecular flexibility index (Phi) is 6.47.